The highest BCUT2D eigenvalue weighted by Gasteiger charge is 2.18. The first-order chi connectivity index (χ1) is 29.5. The third-order valence-corrected chi connectivity index (χ3v) is 12.2. The molecule has 60 heavy (non-hydrogen) atoms. The van der Waals surface area contributed by atoms with Crippen molar-refractivity contribution in [2.75, 3.05) is 13.2 Å². The minimum absolute atomic E-state index is 0.00455. The van der Waals surface area contributed by atoms with Crippen LogP contribution in [0.5, 0.6) is 0 Å². The minimum atomic E-state index is -0.850. The largest absolute Gasteiger partial charge is 0.466 e. The van der Waals surface area contributed by atoms with Gasteiger partial charge in [-0.15, -0.1) is 0 Å². The average Bonchev–Trinajstić information content (AvgIpc) is 3.25. The van der Waals surface area contributed by atoms with E-state index in [9.17, 15) is 19.8 Å². The number of aliphatic hydroxyl groups is 2. The number of allylic oxidation sites excluding steroid dienone is 3. The van der Waals surface area contributed by atoms with Crippen molar-refractivity contribution in [3.05, 3.63) is 24.3 Å². The zero-order valence-electron chi connectivity index (χ0n) is 40.2. The number of hydrogen-bond donors (Lipinski definition) is 3. The third-order valence-electron chi connectivity index (χ3n) is 12.2. The number of carbonyl (C=O) groups excluding carboxylic acids is 2. The van der Waals surface area contributed by atoms with Crippen LogP contribution >= 0.6 is 0 Å². The molecule has 0 saturated carbocycles. The van der Waals surface area contributed by atoms with E-state index in [1.165, 1.54) is 199 Å². The van der Waals surface area contributed by atoms with Crippen molar-refractivity contribution in [3.63, 3.8) is 0 Å². The van der Waals surface area contributed by atoms with E-state index >= 15 is 0 Å². The van der Waals surface area contributed by atoms with Gasteiger partial charge in [0, 0.05) is 12.8 Å². The smallest absolute Gasteiger partial charge is 0.305 e. The monoisotopic (exact) mass is 846 g/mol. The van der Waals surface area contributed by atoms with Crippen molar-refractivity contribution in [1.82, 2.24) is 5.32 Å². The van der Waals surface area contributed by atoms with Gasteiger partial charge >= 0.3 is 5.97 Å². The molecule has 1 amide bonds. The van der Waals surface area contributed by atoms with Crippen molar-refractivity contribution in [2.24, 2.45) is 0 Å². The van der Waals surface area contributed by atoms with Crippen molar-refractivity contribution in [2.45, 2.75) is 296 Å². The zero-order valence-corrected chi connectivity index (χ0v) is 40.2. The lowest BCUT2D eigenvalue weighted by Gasteiger charge is -2.20. The van der Waals surface area contributed by atoms with Gasteiger partial charge in [0.05, 0.1) is 25.4 Å². The summed E-state index contributed by atoms with van der Waals surface area (Å²) in [6, 6.07) is -0.635. The lowest BCUT2D eigenvalue weighted by Crippen LogP contribution is -2.45. The molecule has 2 atom stereocenters. The van der Waals surface area contributed by atoms with E-state index < -0.39 is 12.1 Å². The summed E-state index contributed by atoms with van der Waals surface area (Å²) in [7, 11) is 0. The molecule has 6 heteroatoms. The van der Waals surface area contributed by atoms with Gasteiger partial charge < -0.3 is 20.3 Å². The van der Waals surface area contributed by atoms with Crippen molar-refractivity contribution < 1.29 is 24.5 Å². The Labute approximate surface area is 373 Å². The first-order valence-corrected chi connectivity index (χ1v) is 26.6. The molecule has 0 radical (unpaired) electrons. The highest BCUT2D eigenvalue weighted by Crippen LogP contribution is 2.16. The van der Waals surface area contributed by atoms with Crippen LogP contribution in [0.3, 0.4) is 0 Å². The molecule has 0 aromatic heterocycles. The van der Waals surface area contributed by atoms with Gasteiger partial charge in [0.2, 0.25) is 5.91 Å². The fraction of sp³-hybridized carbons (Fsp3) is 0.889. The summed E-state index contributed by atoms with van der Waals surface area (Å²) in [5, 5.41) is 22.9. The Morgan fingerprint density at radius 2 is 0.783 bits per heavy atom. The summed E-state index contributed by atoms with van der Waals surface area (Å²) >= 11 is 0. The van der Waals surface area contributed by atoms with Crippen molar-refractivity contribution in [1.29, 1.82) is 0 Å². The maximum absolute atomic E-state index is 12.4. The lowest BCUT2D eigenvalue weighted by molar-refractivity contribution is -0.143. The number of rotatable bonds is 49. The summed E-state index contributed by atoms with van der Waals surface area (Å²) in [6.07, 6.45) is 59.0. The van der Waals surface area contributed by atoms with E-state index in [1.54, 1.807) is 6.08 Å². The Bertz CT molecular complexity index is 935. The molecule has 0 aliphatic rings. The molecule has 3 N–H and O–H groups in total. The molecular weight excluding hydrogens is 743 g/mol. The Balaban J connectivity index is 3.44. The van der Waals surface area contributed by atoms with E-state index in [1.807, 2.05) is 6.08 Å². The number of unbranched alkanes of at least 4 members (excludes halogenated alkanes) is 36. The van der Waals surface area contributed by atoms with E-state index in [-0.39, 0.29) is 18.5 Å². The number of hydrogen-bond acceptors (Lipinski definition) is 5. The number of nitrogens with one attached hydrogen (secondary N) is 1. The second kappa shape index (κ2) is 50.0. The van der Waals surface area contributed by atoms with Gasteiger partial charge in [0.15, 0.2) is 0 Å². The standard InChI is InChI=1S/C54H103NO5/c1-3-5-7-9-11-13-15-16-21-25-28-32-36-40-44-48-54(59)60-49-45-41-37-33-29-26-23-20-18-17-19-22-24-27-31-35-39-43-47-53(58)55-51(50-56)52(57)46-42-38-34-30-14-12-10-8-6-4-2/h19,22,42,46,51-52,56-57H,3-18,20-21,23-41,43-45,47-50H2,1-2H3,(H,55,58)/b22-19-,46-42+. The van der Waals surface area contributed by atoms with E-state index in [4.69, 9.17) is 4.74 Å². The molecule has 0 heterocycles. The van der Waals surface area contributed by atoms with Gasteiger partial charge in [0.25, 0.3) is 0 Å². The molecule has 0 bridgehead atoms. The van der Waals surface area contributed by atoms with Crippen LogP contribution in [0.1, 0.15) is 284 Å². The first-order valence-electron chi connectivity index (χ1n) is 26.6. The van der Waals surface area contributed by atoms with Gasteiger partial charge in [-0.3, -0.25) is 9.59 Å². The molecular formula is C54H103NO5. The Kier molecular flexibility index (Phi) is 48.6. The molecule has 0 fully saturated rings. The zero-order chi connectivity index (χ0) is 43.7. The number of esters is 1. The maximum atomic E-state index is 12.4. The highest BCUT2D eigenvalue weighted by atomic mass is 16.5. The number of amides is 1. The SMILES string of the molecule is CCCCCCCCCC/C=C/C(O)C(CO)NC(=O)CCCCCCC/C=C\CCCCCCCCCCCOC(=O)CCCCCCCCCCCCCCCCC. The Morgan fingerprint density at radius 1 is 0.450 bits per heavy atom. The topological polar surface area (TPSA) is 95.9 Å². The molecule has 0 aromatic carbocycles. The molecule has 6 nitrogen and oxygen atoms in total. The molecule has 0 spiro atoms. The van der Waals surface area contributed by atoms with E-state index in [0.717, 1.165) is 57.8 Å². The summed E-state index contributed by atoms with van der Waals surface area (Å²) in [5.41, 5.74) is 0. The second-order valence-electron chi connectivity index (χ2n) is 18.2. The fourth-order valence-electron chi connectivity index (χ4n) is 8.10. The van der Waals surface area contributed by atoms with Crippen LogP contribution < -0.4 is 5.32 Å². The van der Waals surface area contributed by atoms with Gasteiger partial charge in [-0.05, 0) is 57.8 Å². The lowest BCUT2D eigenvalue weighted by atomic mass is 10.0. The average molecular weight is 846 g/mol. The van der Waals surface area contributed by atoms with Gasteiger partial charge in [-0.25, -0.2) is 0 Å². The minimum Gasteiger partial charge on any atom is -0.466 e. The van der Waals surface area contributed by atoms with E-state index in [0.29, 0.717) is 19.4 Å². The van der Waals surface area contributed by atoms with Gasteiger partial charge in [-0.1, -0.05) is 237 Å². The van der Waals surface area contributed by atoms with Crippen LogP contribution in [-0.4, -0.2) is 47.4 Å². The molecule has 0 rings (SSSR count). The molecule has 354 valence electrons. The summed E-state index contributed by atoms with van der Waals surface area (Å²) < 4.78 is 5.47. The van der Waals surface area contributed by atoms with Gasteiger partial charge in [0.1, 0.15) is 0 Å². The summed E-state index contributed by atoms with van der Waals surface area (Å²) in [5.74, 6) is -0.0797. The number of ether oxygens (including phenoxy) is 1. The van der Waals surface area contributed by atoms with E-state index in [2.05, 4.69) is 31.3 Å². The Morgan fingerprint density at radius 3 is 1.18 bits per heavy atom. The Hall–Kier alpha value is -1.66. The number of carbonyl (C=O) groups is 2. The number of aliphatic hydroxyl groups excluding tert-OH is 2. The maximum Gasteiger partial charge on any atom is 0.305 e. The molecule has 0 aromatic rings. The summed E-state index contributed by atoms with van der Waals surface area (Å²) in [4.78, 5) is 24.4. The normalized spacial score (nSPS) is 12.8. The first kappa shape index (κ1) is 58.3. The van der Waals surface area contributed by atoms with Crippen LogP contribution in [-0.2, 0) is 14.3 Å². The fourth-order valence-corrected chi connectivity index (χ4v) is 8.10. The molecule has 0 aliphatic heterocycles. The third kappa shape index (κ3) is 45.9. The predicted molar refractivity (Wildman–Crippen MR) is 260 cm³/mol. The summed E-state index contributed by atoms with van der Waals surface area (Å²) in [6.45, 7) is 4.87. The van der Waals surface area contributed by atoms with Crippen LogP contribution in [0.4, 0.5) is 0 Å². The van der Waals surface area contributed by atoms with Crippen LogP contribution in [0, 0.1) is 0 Å². The van der Waals surface area contributed by atoms with Gasteiger partial charge in [-0.2, -0.15) is 0 Å². The van der Waals surface area contributed by atoms with Crippen LogP contribution in [0.25, 0.3) is 0 Å². The predicted octanol–water partition coefficient (Wildman–Crippen LogP) is 15.9. The van der Waals surface area contributed by atoms with Crippen LogP contribution in [0.15, 0.2) is 24.3 Å². The van der Waals surface area contributed by atoms with Crippen molar-refractivity contribution in [3.8, 4) is 0 Å². The quantitative estimate of drug-likeness (QED) is 0.0322. The van der Waals surface area contributed by atoms with Crippen molar-refractivity contribution >= 4 is 11.9 Å². The molecule has 0 saturated heterocycles. The van der Waals surface area contributed by atoms with Crippen LogP contribution in [0.2, 0.25) is 0 Å². The second-order valence-corrected chi connectivity index (χ2v) is 18.2. The molecule has 2 unspecified atom stereocenters. The molecule has 0 aliphatic carbocycles. The highest BCUT2D eigenvalue weighted by molar-refractivity contribution is 5.76.